The molecule has 0 saturated carbocycles. The van der Waals surface area contributed by atoms with Gasteiger partial charge in [-0.15, -0.1) is 0 Å². The molecular formula is C13H15N3O2S. The van der Waals surface area contributed by atoms with Gasteiger partial charge >= 0.3 is 5.97 Å². The second kappa shape index (κ2) is 5.88. The molecular weight excluding hydrogens is 262 g/mol. The van der Waals surface area contributed by atoms with Gasteiger partial charge < -0.3 is 5.11 Å². The Bertz CT molecular complexity index is 595. The zero-order valence-electron chi connectivity index (χ0n) is 10.8. The van der Waals surface area contributed by atoms with Crippen molar-refractivity contribution >= 4 is 17.7 Å². The van der Waals surface area contributed by atoms with E-state index >= 15 is 0 Å². The van der Waals surface area contributed by atoms with Gasteiger partial charge in [0.05, 0.1) is 11.3 Å². The maximum Gasteiger partial charge on any atom is 0.338 e. The summed E-state index contributed by atoms with van der Waals surface area (Å²) in [6, 6.07) is 5.22. The molecule has 0 aromatic carbocycles. The molecule has 0 aliphatic heterocycles. The van der Waals surface area contributed by atoms with E-state index in [0.29, 0.717) is 10.8 Å². The number of hydrogen-bond donors (Lipinski definition) is 1. The van der Waals surface area contributed by atoms with Gasteiger partial charge in [0.2, 0.25) is 0 Å². The van der Waals surface area contributed by atoms with Gasteiger partial charge in [-0.2, -0.15) is 5.10 Å². The quantitative estimate of drug-likeness (QED) is 0.851. The topological polar surface area (TPSA) is 68.0 Å². The van der Waals surface area contributed by atoms with Gasteiger partial charge in [-0.25, -0.2) is 9.78 Å². The summed E-state index contributed by atoms with van der Waals surface area (Å²) in [5.41, 5.74) is 2.29. The summed E-state index contributed by atoms with van der Waals surface area (Å²) in [4.78, 5) is 15.2. The SMILES string of the molecule is CCn1nc(C)cc1CSc1ncccc1C(=O)O. The molecule has 0 radical (unpaired) electrons. The molecule has 6 heteroatoms. The van der Waals surface area contributed by atoms with Gasteiger partial charge in [0.15, 0.2) is 0 Å². The van der Waals surface area contributed by atoms with Crippen LogP contribution in [0.3, 0.4) is 0 Å². The highest BCUT2D eigenvalue weighted by Gasteiger charge is 2.12. The van der Waals surface area contributed by atoms with E-state index in [-0.39, 0.29) is 5.56 Å². The molecule has 0 amide bonds. The summed E-state index contributed by atoms with van der Waals surface area (Å²) in [6.45, 7) is 4.78. The second-order valence-corrected chi connectivity index (χ2v) is 5.01. The van der Waals surface area contributed by atoms with Crippen LogP contribution < -0.4 is 0 Å². The Morgan fingerprint density at radius 1 is 1.53 bits per heavy atom. The molecule has 19 heavy (non-hydrogen) atoms. The standard InChI is InChI=1S/C13H15N3O2S/c1-3-16-10(7-9(2)15-16)8-19-12-11(13(17)18)5-4-6-14-12/h4-7H,3,8H2,1-2H3,(H,17,18). The number of carboxylic acid groups (broad SMARTS) is 1. The Morgan fingerprint density at radius 3 is 3.00 bits per heavy atom. The van der Waals surface area contributed by atoms with Gasteiger partial charge in [0.1, 0.15) is 5.03 Å². The van der Waals surface area contributed by atoms with E-state index in [0.717, 1.165) is 17.9 Å². The third-order valence-corrected chi connectivity index (χ3v) is 3.68. The molecule has 100 valence electrons. The molecule has 0 saturated heterocycles. The Morgan fingerprint density at radius 2 is 2.32 bits per heavy atom. The molecule has 5 nitrogen and oxygen atoms in total. The Labute approximate surface area is 115 Å². The average Bonchev–Trinajstić information content (AvgIpc) is 2.77. The van der Waals surface area contributed by atoms with E-state index in [1.54, 1.807) is 18.3 Å². The Hall–Kier alpha value is -1.82. The number of carbonyl (C=O) groups is 1. The lowest BCUT2D eigenvalue weighted by Crippen LogP contribution is -2.03. The zero-order chi connectivity index (χ0) is 13.8. The minimum atomic E-state index is -0.948. The van der Waals surface area contributed by atoms with Gasteiger partial charge in [-0.05, 0) is 32.0 Å². The molecule has 0 fully saturated rings. The van der Waals surface area contributed by atoms with Crippen molar-refractivity contribution in [3.8, 4) is 0 Å². The van der Waals surface area contributed by atoms with Crippen LogP contribution in [-0.2, 0) is 12.3 Å². The predicted molar refractivity (Wildman–Crippen MR) is 73.4 cm³/mol. The van der Waals surface area contributed by atoms with Crippen molar-refractivity contribution in [1.29, 1.82) is 0 Å². The Kier molecular flexibility index (Phi) is 4.21. The number of nitrogens with zero attached hydrogens (tertiary/aromatic N) is 3. The summed E-state index contributed by atoms with van der Waals surface area (Å²) in [6.07, 6.45) is 1.61. The normalized spacial score (nSPS) is 10.6. The van der Waals surface area contributed by atoms with Crippen LogP contribution in [0, 0.1) is 6.92 Å². The summed E-state index contributed by atoms with van der Waals surface area (Å²) >= 11 is 1.42. The fourth-order valence-electron chi connectivity index (χ4n) is 1.80. The summed E-state index contributed by atoms with van der Waals surface area (Å²) in [7, 11) is 0. The molecule has 0 atom stereocenters. The molecule has 2 aromatic rings. The third-order valence-electron chi connectivity index (χ3n) is 2.64. The molecule has 0 spiro atoms. The highest BCUT2D eigenvalue weighted by atomic mass is 32.2. The first kappa shape index (κ1) is 13.6. The molecule has 2 heterocycles. The van der Waals surface area contributed by atoms with Crippen LogP contribution in [0.4, 0.5) is 0 Å². The highest BCUT2D eigenvalue weighted by Crippen LogP contribution is 2.24. The van der Waals surface area contributed by atoms with Crippen molar-refractivity contribution in [3.63, 3.8) is 0 Å². The van der Waals surface area contributed by atoms with Gasteiger partial charge in [-0.1, -0.05) is 11.8 Å². The first-order valence-corrected chi connectivity index (χ1v) is 6.94. The molecule has 0 unspecified atom stereocenters. The Balaban J connectivity index is 2.16. The zero-order valence-corrected chi connectivity index (χ0v) is 11.6. The molecule has 2 aromatic heterocycles. The number of aromatic nitrogens is 3. The highest BCUT2D eigenvalue weighted by molar-refractivity contribution is 7.98. The van der Waals surface area contributed by atoms with Crippen LogP contribution in [0.5, 0.6) is 0 Å². The van der Waals surface area contributed by atoms with E-state index < -0.39 is 5.97 Å². The number of aromatic carboxylic acids is 1. The molecule has 0 bridgehead atoms. The summed E-state index contributed by atoms with van der Waals surface area (Å²) < 4.78 is 1.92. The van der Waals surface area contributed by atoms with Crippen LogP contribution in [0.2, 0.25) is 0 Å². The number of pyridine rings is 1. The minimum absolute atomic E-state index is 0.242. The monoisotopic (exact) mass is 277 g/mol. The largest absolute Gasteiger partial charge is 0.478 e. The van der Waals surface area contributed by atoms with E-state index in [9.17, 15) is 4.79 Å². The summed E-state index contributed by atoms with van der Waals surface area (Å²) in [5.74, 6) is -0.290. The van der Waals surface area contributed by atoms with Gasteiger partial charge in [0.25, 0.3) is 0 Å². The number of rotatable bonds is 5. The van der Waals surface area contributed by atoms with Crippen molar-refractivity contribution in [3.05, 3.63) is 41.3 Å². The van der Waals surface area contributed by atoms with Crippen molar-refractivity contribution < 1.29 is 9.90 Å². The number of thioether (sulfide) groups is 1. The smallest absolute Gasteiger partial charge is 0.338 e. The first-order chi connectivity index (χ1) is 9.11. The van der Waals surface area contributed by atoms with Gasteiger partial charge in [0, 0.05) is 24.2 Å². The third kappa shape index (κ3) is 3.14. The van der Waals surface area contributed by atoms with Crippen molar-refractivity contribution in [1.82, 2.24) is 14.8 Å². The van der Waals surface area contributed by atoms with Crippen LogP contribution in [0.25, 0.3) is 0 Å². The summed E-state index contributed by atoms with van der Waals surface area (Å²) in [5, 5.41) is 14.0. The first-order valence-electron chi connectivity index (χ1n) is 5.96. The van der Waals surface area contributed by atoms with E-state index in [1.165, 1.54) is 11.8 Å². The van der Waals surface area contributed by atoms with Crippen molar-refractivity contribution in [2.45, 2.75) is 31.2 Å². The molecule has 2 rings (SSSR count). The van der Waals surface area contributed by atoms with Crippen LogP contribution in [-0.4, -0.2) is 25.8 Å². The lowest BCUT2D eigenvalue weighted by molar-refractivity contribution is 0.0692. The maximum atomic E-state index is 11.1. The predicted octanol–water partition coefficient (Wildman–Crippen LogP) is 2.60. The number of aryl methyl sites for hydroxylation is 2. The van der Waals surface area contributed by atoms with E-state index in [2.05, 4.69) is 10.1 Å². The molecule has 1 N–H and O–H groups in total. The lowest BCUT2D eigenvalue weighted by Gasteiger charge is -2.06. The van der Waals surface area contributed by atoms with Crippen LogP contribution >= 0.6 is 11.8 Å². The van der Waals surface area contributed by atoms with Gasteiger partial charge in [-0.3, -0.25) is 4.68 Å². The maximum absolute atomic E-state index is 11.1. The number of hydrogen-bond acceptors (Lipinski definition) is 4. The second-order valence-electron chi connectivity index (χ2n) is 4.04. The lowest BCUT2D eigenvalue weighted by atomic mass is 10.3. The van der Waals surface area contributed by atoms with Crippen molar-refractivity contribution in [2.24, 2.45) is 0 Å². The fraction of sp³-hybridized carbons (Fsp3) is 0.308. The molecule has 0 aliphatic rings. The minimum Gasteiger partial charge on any atom is -0.478 e. The van der Waals surface area contributed by atoms with Crippen LogP contribution in [0.15, 0.2) is 29.4 Å². The van der Waals surface area contributed by atoms with E-state index in [4.69, 9.17) is 5.11 Å². The van der Waals surface area contributed by atoms with Crippen molar-refractivity contribution in [2.75, 3.05) is 0 Å². The number of carboxylic acids is 1. The van der Waals surface area contributed by atoms with E-state index in [1.807, 2.05) is 24.6 Å². The fourth-order valence-corrected chi connectivity index (χ4v) is 2.76. The average molecular weight is 277 g/mol. The molecule has 0 aliphatic carbocycles. The van der Waals surface area contributed by atoms with Crippen LogP contribution in [0.1, 0.15) is 28.7 Å².